The van der Waals surface area contributed by atoms with Gasteiger partial charge >= 0.3 is 12.3 Å². The summed E-state index contributed by atoms with van der Waals surface area (Å²) in [6, 6.07) is 13.1. The predicted molar refractivity (Wildman–Crippen MR) is 186 cm³/mol. The SMILES string of the molecule is CCn1ncc2cc(Oc3ccc(NC(=O)c4ccc(OCC(F)(F)F)n(-c5ccc(F)cc5)c4=O)cc3F)c(-c3cnn(C(=O)OC(C)(C)C)c3)cc21. The van der Waals surface area contributed by atoms with E-state index in [2.05, 4.69) is 15.5 Å². The van der Waals surface area contributed by atoms with Gasteiger partial charge in [-0.25, -0.2) is 18.1 Å². The molecule has 3 heterocycles. The Morgan fingerprint density at radius 2 is 1.63 bits per heavy atom. The van der Waals surface area contributed by atoms with E-state index >= 15 is 4.39 Å². The molecule has 6 aromatic rings. The number of hydrogen-bond acceptors (Lipinski definition) is 8. The fraction of sp³-hybridized carbons (Fsp3) is 0.216. The molecule has 3 aromatic carbocycles. The van der Waals surface area contributed by atoms with Crippen molar-refractivity contribution in [2.45, 2.75) is 46.0 Å². The first-order valence-electron chi connectivity index (χ1n) is 16.3. The molecule has 0 aliphatic heterocycles. The van der Waals surface area contributed by atoms with Crippen LogP contribution in [0.1, 0.15) is 38.1 Å². The molecule has 1 N–H and O–H groups in total. The van der Waals surface area contributed by atoms with Gasteiger partial charge in [0.15, 0.2) is 18.2 Å². The Balaban J connectivity index is 1.28. The van der Waals surface area contributed by atoms with Crippen molar-refractivity contribution in [2.75, 3.05) is 11.9 Å². The highest BCUT2D eigenvalue weighted by Gasteiger charge is 2.30. The number of amides is 1. The van der Waals surface area contributed by atoms with E-state index in [9.17, 15) is 31.9 Å². The highest BCUT2D eigenvalue weighted by atomic mass is 19.4. The maximum absolute atomic E-state index is 15.6. The number of carbonyl (C=O) groups is 2. The van der Waals surface area contributed by atoms with Crippen LogP contribution in [0.3, 0.4) is 0 Å². The molecular weight excluding hydrogens is 719 g/mol. The van der Waals surface area contributed by atoms with Crippen LogP contribution in [0.5, 0.6) is 17.4 Å². The second-order valence-corrected chi connectivity index (χ2v) is 12.8. The van der Waals surface area contributed by atoms with Crippen molar-refractivity contribution in [1.29, 1.82) is 0 Å². The summed E-state index contributed by atoms with van der Waals surface area (Å²) >= 11 is 0. The third-order valence-corrected chi connectivity index (χ3v) is 7.69. The number of aryl methyl sites for hydroxylation is 1. The summed E-state index contributed by atoms with van der Waals surface area (Å²) in [5, 5.41) is 11.6. The fourth-order valence-corrected chi connectivity index (χ4v) is 5.31. The van der Waals surface area contributed by atoms with Crippen molar-refractivity contribution in [1.82, 2.24) is 24.1 Å². The van der Waals surface area contributed by atoms with Gasteiger partial charge in [-0.1, -0.05) is 0 Å². The molecule has 0 saturated heterocycles. The molecule has 1 amide bonds. The maximum atomic E-state index is 15.6. The van der Waals surface area contributed by atoms with E-state index in [-0.39, 0.29) is 22.9 Å². The van der Waals surface area contributed by atoms with E-state index in [0.717, 1.165) is 52.7 Å². The lowest BCUT2D eigenvalue weighted by Crippen LogP contribution is -2.30. The molecule has 54 heavy (non-hydrogen) atoms. The standard InChI is InChI=1S/C37H31F5N6O6/c1-5-46-29-16-27(22-18-44-47(19-22)35(51)54-36(2,3)4)31(14-21(29)17-43-46)53-30-12-8-24(15-28(30)39)45-33(49)26-11-13-32(52-20-37(40,41)42)48(34(26)50)25-9-6-23(38)7-10-25/h6-19H,5,20H2,1-4H3,(H,45,49). The summed E-state index contributed by atoms with van der Waals surface area (Å²) in [4.78, 5) is 39.4. The van der Waals surface area contributed by atoms with Gasteiger partial charge < -0.3 is 19.5 Å². The third kappa shape index (κ3) is 8.24. The van der Waals surface area contributed by atoms with Crippen LogP contribution in [-0.2, 0) is 11.3 Å². The second-order valence-electron chi connectivity index (χ2n) is 12.8. The first kappa shape index (κ1) is 37.2. The summed E-state index contributed by atoms with van der Waals surface area (Å²) in [7, 11) is 0. The Labute approximate surface area is 303 Å². The Kier molecular flexibility index (Phi) is 9.99. The van der Waals surface area contributed by atoms with Gasteiger partial charge in [0.2, 0.25) is 5.88 Å². The lowest BCUT2D eigenvalue weighted by atomic mass is 10.1. The molecule has 0 bridgehead atoms. The van der Waals surface area contributed by atoms with Crippen molar-refractivity contribution in [3.63, 3.8) is 0 Å². The molecule has 0 fully saturated rings. The van der Waals surface area contributed by atoms with Crippen LogP contribution in [0.4, 0.5) is 32.4 Å². The Morgan fingerprint density at radius 3 is 2.30 bits per heavy atom. The van der Waals surface area contributed by atoms with Crippen LogP contribution in [0.15, 0.2) is 90.1 Å². The number of halogens is 5. The van der Waals surface area contributed by atoms with Gasteiger partial charge in [-0.05, 0) is 88.4 Å². The monoisotopic (exact) mass is 750 g/mol. The van der Waals surface area contributed by atoms with Gasteiger partial charge in [-0.2, -0.15) is 28.1 Å². The fourth-order valence-electron chi connectivity index (χ4n) is 5.31. The van der Waals surface area contributed by atoms with Crippen LogP contribution in [0.25, 0.3) is 27.7 Å². The van der Waals surface area contributed by atoms with Crippen molar-refractivity contribution in [3.05, 3.63) is 113 Å². The number of anilines is 1. The largest absolute Gasteiger partial charge is 0.469 e. The molecular formula is C37H31F5N6O6. The average molecular weight is 751 g/mol. The molecule has 12 nitrogen and oxygen atoms in total. The number of nitrogens with zero attached hydrogens (tertiary/aromatic N) is 5. The second kappa shape index (κ2) is 14.5. The van der Waals surface area contributed by atoms with Gasteiger partial charge in [0.25, 0.3) is 11.5 Å². The molecule has 280 valence electrons. The average Bonchev–Trinajstić information content (AvgIpc) is 3.75. The number of aromatic nitrogens is 5. The Morgan fingerprint density at radius 1 is 0.889 bits per heavy atom. The normalized spacial score (nSPS) is 11.8. The quantitative estimate of drug-likeness (QED) is 0.147. The van der Waals surface area contributed by atoms with Crippen molar-refractivity contribution in [3.8, 4) is 34.2 Å². The van der Waals surface area contributed by atoms with E-state index in [0.29, 0.717) is 27.6 Å². The summed E-state index contributed by atoms with van der Waals surface area (Å²) in [6.45, 7) is 5.89. The van der Waals surface area contributed by atoms with Gasteiger partial charge in [0, 0.05) is 41.0 Å². The number of fused-ring (bicyclic) bond motifs is 1. The number of alkyl halides is 3. The lowest BCUT2D eigenvalue weighted by molar-refractivity contribution is -0.154. The number of ether oxygens (including phenoxy) is 3. The van der Waals surface area contributed by atoms with Crippen LogP contribution in [0.2, 0.25) is 0 Å². The molecule has 0 aliphatic carbocycles. The van der Waals surface area contributed by atoms with Crippen LogP contribution in [-0.4, -0.2) is 54.5 Å². The minimum Gasteiger partial charge on any atom is -0.469 e. The van der Waals surface area contributed by atoms with Crippen LogP contribution >= 0.6 is 0 Å². The first-order valence-corrected chi connectivity index (χ1v) is 16.3. The highest BCUT2D eigenvalue weighted by Crippen LogP contribution is 2.38. The number of benzene rings is 3. The van der Waals surface area contributed by atoms with Crippen LogP contribution in [0, 0.1) is 11.6 Å². The number of pyridine rings is 1. The van der Waals surface area contributed by atoms with Crippen molar-refractivity contribution >= 4 is 28.6 Å². The number of carbonyl (C=O) groups excluding carboxylic acids is 2. The van der Waals surface area contributed by atoms with Gasteiger partial charge in [-0.15, -0.1) is 0 Å². The highest BCUT2D eigenvalue weighted by molar-refractivity contribution is 6.04. The van der Waals surface area contributed by atoms with Gasteiger partial charge in [-0.3, -0.25) is 14.3 Å². The van der Waals surface area contributed by atoms with E-state index in [1.165, 1.54) is 24.5 Å². The van der Waals surface area contributed by atoms with E-state index < -0.39 is 59.0 Å². The number of hydrogen-bond donors (Lipinski definition) is 1. The zero-order valence-electron chi connectivity index (χ0n) is 29.1. The summed E-state index contributed by atoms with van der Waals surface area (Å²) in [5.74, 6) is -3.22. The number of nitrogens with one attached hydrogen (secondary N) is 1. The van der Waals surface area contributed by atoms with Crippen molar-refractivity contribution in [2.24, 2.45) is 0 Å². The molecule has 6 rings (SSSR count). The van der Waals surface area contributed by atoms with Crippen LogP contribution < -0.4 is 20.3 Å². The summed E-state index contributed by atoms with van der Waals surface area (Å²) < 4.78 is 87.7. The number of rotatable bonds is 9. The zero-order chi connectivity index (χ0) is 38.9. The van der Waals surface area contributed by atoms with E-state index in [1.807, 2.05) is 6.92 Å². The van der Waals surface area contributed by atoms with E-state index in [1.54, 1.807) is 43.8 Å². The molecule has 0 saturated carbocycles. The minimum atomic E-state index is -4.74. The molecule has 0 aliphatic rings. The Hall–Kier alpha value is -6.52. The first-order chi connectivity index (χ1) is 25.5. The Bertz CT molecular complexity index is 2430. The van der Waals surface area contributed by atoms with Gasteiger partial charge in [0.1, 0.15) is 22.7 Å². The van der Waals surface area contributed by atoms with E-state index in [4.69, 9.17) is 14.2 Å². The molecule has 3 aromatic heterocycles. The predicted octanol–water partition coefficient (Wildman–Crippen LogP) is 8.12. The molecule has 0 atom stereocenters. The summed E-state index contributed by atoms with van der Waals surface area (Å²) in [6.07, 6.45) is -0.952. The lowest BCUT2D eigenvalue weighted by Gasteiger charge is -2.18. The molecule has 0 unspecified atom stereocenters. The topological polar surface area (TPSA) is 131 Å². The molecule has 17 heteroatoms. The van der Waals surface area contributed by atoms with Crippen molar-refractivity contribution < 1.29 is 45.8 Å². The molecule has 0 radical (unpaired) electrons. The third-order valence-electron chi connectivity index (χ3n) is 7.69. The smallest absolute Gasteiger partial charge is 0.435 e. The van der Waals surface area contributed by atoms with Gasteiger partial charge in [0.05, 0.1) is 23.6 Å². The zero-order valence-corrected chi connectivity index (χ0v) is 29.1. The summed E-state index contributed by atoms with van der Waals surface area (Å²) in [5.41, 5.74) is -0.903. The minimum absolute atomic E-state index is 0.0717. The maximum Gasteiger partial charge on any atom is 0.435 e. The molecule has 0 spiro atoms.